The molecule has 0 aliphatic heterocycles. The summed E-state index contributed by atoms with van der Waals surface area (Å²) in [5, 5.41) is 18.3. The number of aliphatic hydroxyl groups excluding tert-OH is 1. The monoisotopic (exact) mass is 299 g/mol. The first-order valence-corrected chi connectivity index (χ1v) is 6.00. The van der Waals surface area contributed by atoms with Crippen molar-refractivity contribution in [3.63, 3.8) is 0 Å². The van der Waals surface area contributed by atoms with Crippen LogP contribution >= 0.6 is 15.9 Å². The third-order valence-corrected chi connectivity index (χ3v) is 2.84. The Morgan fingerprint density at radius 2 is 2.24 bits per heavy atom. The van der Waals surface area contributed by atoms with E-state index in [0.29, 0.717) is 28.0 Å². The Kier molecular flexibility index (Phi) is 5.26. The fraction of sp³-hybridized carbons (Fsp3) is 0.417. The molecule has 5 heteroatoms. The first-order valence-electron chi connectivity index (χ1n) is 5.20. The summed E-state index contributed by atoms with van der Waals surface area (Å²) in [5.74, 6) is 0.971. The molecule has 1 aromatic carbocycles. The second-order valence-corrected chi connectivity index (χ2v) is 4.33. The van der Waals surface area contributed by atoms with Crippen LogP contribution < -0.4 is 9.47 Å². The predicted molar refractivity (Wildman–Crippen MR) is 67.2 cm³/mol. The number of benzene rings is 1. The summed E-state index contributed by atoms with van der Waals surface area (Å²) in [7, 11) is 1.51. The van der Waals surface area contributed by atoms with Crippen molar-refractivity contribution in [2.75, 3.05) is 13.7 Å². The standard InChI is InChI=1S/C12H14BrNO3/c1-3-9(15)7-17-12-10(13)4-8(6-14)5-11(12)16-2/h4-5,9,15H,3,7H2,1-2H3/t9-/m1/s1. The van der Waals surface area contributed by atoms with E-state index in [9.17, 15) is 5.11 Å². The molecule has 0 saturated carbocycles. The molecular weight excluding hydrogens is 286 g/mol. The Bertz CT molecular complexity index is 428. The van der Waals surface area contributed by atoms with Crippen LogP contribution in [0.3, 0.4) is 0 Å². The summed E-state index contributed by atoms with van der Waals surface area (Å²) in [4.78, 5) is 0. The van der Waals surface area contributed by atoms with Gasteiger partial charge in [-0.15, -0.1) is 0 Å². The predicted octanol–water partition coefficient (Wildman–Crippen LogP) is 2.48. The molecule has 0 spiro atoms. The van der Waals surface area contributed by atoms with E-state index in [1.165, 1.54) is 7.11 Å². The van der Waals surface area contributed by atoms with Gasteiger partial charge in [-0.25, -0.2) is 0 Å². The Hall–Kier alpha value is -1.25. The quantitative estimate of drug-likeness (QED) is 0.907. The zero-order valence-electron chi connectivity index (χ0n) is 9.74. The van der Waals surface area contributed by atoms with Crippen LogP contribution in [0.4, 0.5) is 0 Å². The average molecular weight is 300 g/mol. The molecule has 92 valence electrons. The van der Waals surface area contributed by atoms with Crippen LogP contribution in [0.1, 0.15) is 18.9 Å². The summed E-state index contributed by atoms with van der Waals surface area (Å²) in [6.07, 6.45) is 0.109. The minimum atomic E-state index is -0.512. The van der Waals surface area contributed by atoms with Crippen LogP contribution in [0.25, 0.3) is 0 Å². The van der Waals surface area contributed by atoms with Crippen LogP contribution in [0.5, 0.6) is 11.5 Å². The zero-order valence-corrected chi connectivity index (χ0v) is 11.3. The second kappa shape index (κ2) is 6.48. The van der Waals surface area contributed by atoms with Gasteiger partial charge in [-0.3, -0.25) is 0 Å². The number of halogens is 1. The van der Waals surface area contributed by atoms with Gasteiger partial charge in [-0.1, -0.05) is 6.92 Å². The van der Waals surface area contributed by atoms with Crippen LogP contribution in [0.15, 0.2) is 16.6 Å². The molecule has 1 N–H and O–H groups in total. The lowest BCUT2D eigenvalue weighted by atomic mass is 10.2. The van der Waals surface area contributed by atoms with Crippen LogP contribution in [-0.4, -0.2) is 24.9 Å². The van der Waals surface area contributed by atoms with Crippen molar-refractivity contribution in [2.24, 2.45) is 0 Å². The van der Waals surface area contributed by atoms with E-state index >= 15 is 0 Å². The maximum Gasteiger partial charge on any atom is 0.175 e. The molecule has 1 atom stereocenters. The zero-order chi connectivity index (χ0) is 12.8. The van der Waals surface area contributed by atoms with Gasteiger partial charge in [-0.05, 0) is 28.4 Å². The van der Waals surface area contributed by atoms with Gasteiger partial charge in [0, 0.05) is 6.07 Å². The molecule has 0 fully saturated rings. The van der Waals surface area contributed by atoms with Crippen LogP contribution in [-0.2, 0) is 0 Å². The Labute approximate surface area is 109 Å². The fourth-order valence-electron chi connectivity index (χ4n) is 1.22. The number of aliphatic hydroxyl groups is 1. The topological polar surface area (TPSA) is 62.5 Å². The second-order valence-electron chi connectivity index (χ2n) is 3.47. The fourth-order valence-corrected chi connectivity index (χ4v) is 1.78. The van der Waals surface area contributed by atoms with Gasteiger partial charge in [0.1, 0.15) is 6.61 Å². The molecule has 0 unspecified atom stereocenters. The van der Waals surface area contributed by atoms with E-state index < -0.39 is 6.10 Å². The molecule has 1 rings (SSSR count). The highest BCUT2D eigenvalue weighted by molar-refractivity contribution is 9.10. The first kappa shape index (κ1) is 13.8. The summed E-state index contributed by atoms with van der Waals surface area (Å²) in [6.45, 7) is 2.07. The van der Waals surface area contributed by atoms with Crippen LogP contribution in [0, 0.1) is 11.3 Å². The molecule has 1 aromatic rings. The van der Waals surface area contributed by atoms with Crippen molar-refractivity contribution in [2.45, 2.75) is 19.4 Å². The van der Waals surface area contributed by atoms with Crippen molar-refractivity contribution in [1.29, 1.82) is 5.26 Å². The summed E-state index contributed by atoms with van der Waals surface area (Å²) in [6, 6.07) is 5.28. The Balaban J connectivity index is 2.94. The molecule has 17 heavy (non-hydrogen) atoms. The smallest absolute Gasteiger partial charge is 0.175 e. The van der Waals surface area contributed by atoms with Gasteiger partial charge in [0.2, 0.25) is 0 Å². The molecule has 4 nitrogen and oxygen atoms in total. The molecule has 0 amide bonds. The van der Waals surface area contributed by atoms with Gasteiger partial charge < -0.3 is 14.6 Å². The molecule has 0 radical (unpaired) electrons. The highest BCUT2D eigenvalue weighted by Gasteiger charge is 2.13. The molecule has 0 aromatic heterocycles. The minimum absolute atomic E-state index is 0.192. The third-order valence-electron chi connectivity index (χ3n) is 2.25. The number of ether oxygens (including phenoxy) is 2. The highest BCUT2D eigenvalue weighted by atomic mass is 79.9. The number of rotatable bonds is 5. The van der Waals surface area contributed by atoms with Gasteiger partial charge >= 0.3 is 0 Å². The minimum Gasteiger partial charge on any atom is -0.493 e. The number of hydrogen-bond acceptors (Lipinski definition) is 4. The van der Waals surface area contributed by atoms with E-state index in [0.717, 1.165) is 0 Å². The van der Waals surface area contributed by atoms with Crippen molar-refractivity contribution in [1.82, 2.24) is 0 Å². The van der Waals surface area contributed by atoms with Crippen molar-refractivity contribution < 1.29 is 14.6 Å². The van der Waals surface area contributed by atoms with Gasteiger partial charge in [-0.2, -0.15) is 5.26 Å². The SMILES string of the molecule is CC[C@@H](O)COc1c(Br)cc(C#N)cc1OC. The molecular formula is C12H14BrNO3. The number of nitriles is 1. The van der Waals surface area contributed by atoms with E-state index in [-0.39, 0.29) is 6.61 Å². The molecule has 0 saturated heterocycles. The van der Waals surface area contributed by atoms with E-state index in [1.54, 1.807) is 12.1 Å². The number of methoxy groups -OCH3 is 1. The lowest BCUT2D eigenvalue weighted by Gasteiger charge is -2.14. The molecule has 0 heterocycles. The molecule has 0 aliphatic carbocycles. The summed E-state index contributed by atoms with van der Waals surface area (Å²) < 4.78 is 11.3. The normalized spacial score (nSPS) is 11.7. The summed E-state index contributed by atoms with van der Waals surface area (Å²) >= 11 is 3.31. The molecule has 0 bridgehead atoms. The number of nitrogens with zero attached hydrogens (tertiary/aromatic N) is 1. The first-order chi connectivity index (χ1) is 8.12. The van der Waals surface area contributed by atoms with Gasteiger partial charge in [0.15, 0.2) is 11.5 Å². The maximum atomic E-state index is 9.44. The van der Waals surface area contributed by atoms with Gasteiger partial charge in [0.05, 0.1) is 29.3 Å². The lowest BCUT2D eigenvalue weighted by Crippen LogP contribution is -2.16. The van der Waals surface area contributed by atoms with Crippen molar-refractivity contribution in [3.8, 4) is 17.6 Å². The Morgan fingerprint density at radius 1 is 1.53 bits per heavy atom. The van der Waals surface area contributed by atoms with Gasteiger partial charge in [0.25, 0.3) is 0 Å². The third kappa shape index (κ3) is 3.62. The molecule has 0 aliphatic rings. The number of hydrogen-bond donors (Lipinski definition) is 1. The van der Waals surface area contributed by atoms with E-state index in [1.807, 2.05) is 13.0 Å². The van der Waals surface area contributed by atoms with Crippen LogP contribution in [0.2, 0.25) is 0 Å². The highest BCUT2D eigenvalue weighted by Crippen LogP contribution is 2.36. The van der Waals surface area contributed by atoms with Crippen molar-refractivity contribution in [3.05, 3.63) is 22.2 Å². The largest absolute Gasteiger partial charge is 0.493 e. The van der Waals surface area contributed by atoms with E-state index in [2.05, 4.69) is 15.9 Å². The van der Waals surface area contributed by atoms with E-state index in [4.69, 9.17) is 14.7 Å². The summed E-state index contributed by atoms with van der Waals surface area (Å²) in [5.41, 5.74) is 0.483. The lowest BCUT2D eigenvalue weighted by molar-refractivity contribution is 0.102. The average Bonchev–Trinajstić information content (AvgIpc) is 2.35. The van der Waals surface area contributed by atoms with Crippen molar-refractivity contribution >= 4 is 15.9 Å². The Morgan fingerprint density at radius 3 is 2.76 bits per heavy atom. The maximum absolute atomic E-state index is 9.44.